The second-order valence-electron chi connectivity index (χ2n) is 5.82. The maximum atomic E-state index is 11.9. The third-order valence-corrected chi connectivity index (χ3v) is 2.67. The molecule has 0 aliphatic carbocycles. The van der Waals surface area contributed by atoms with Gasteiger partial charge < -0.3 is 14.8 Å². The maximum absolute atomic E-state index is 11.9. The van der Waals surface area contributed by atoms with Crippen LogP contribution in [0.3, 0.4) is 0 Å². The summed E-state index contributed by atoms with van der Waals surface area (Å²) in [6.07, 6.45) is 2.92. The monoisotopic (exact) mass is 305 g/mol. The second-order valence-corrected chi connectivity index (χ2v) is 5.82. The van der Waals surface area contributed by atoms with Crippen LogP contribution in [0.25, 0.3) is 0 Å². The number of hydrogen-bond acceptors (Lipinski definition) is 4. The molecular formula is C17H23NO4. The summed E-state index contributed by atoms with van der Waals surface area (Å²) in [6, 6.07) is 9.31. The Labute approximate surface area is 131 Å². The van der Waals surface area contributed by atoms with E-state index in [-0.39, 0.29) is 6.04 Å². The van der Waals surface area contributed by atoms with E-state index in [2.05, 4.69) is 10.1 Å². The first kappa shape index (κ1) is 17.8. The summed E-state index contributed by atoms with van der Waals surface area (Å²) in [5.41, 5.74) is 0.464. The van der Waals surface area contributed by atoms with Gasteiger partial charge >= 0.3 is 12.1 Å². The molecule has 1 atom stereocenters. The van der Waals surface area contributed by atoms with Crippen LogP contribution >= 0.6 is 0 Å². The van der Waals surface area contributed by atoms with Crippen molar-refractivity contribution in [3.8, 4) is 0 Å². The smallest absolute Gasteiger partial charge is 0.408 e. The summed E-state index contributed by atoms with van der Waals surface area (Å²) in [5.74, 6) is -0.468. The summed E-state index contributed by atoms with van der Waals surface area (Å²) in [7, 11) is 1.31. The van der Waals surface area contributed by atoms with E-state index in [1.807, 2.05) is 30.3 Å². The number of alkyl carbamates (subject to hydrolysis) is 1. The highest BCUT2D eigenvalue weighted by atomic mass is 16.6. The Morgan fingerprint density at radius 3 is 2.41 bits per heavy atom. The molecule has 0 aliphatic heterocycles. The molecule has 0 heterocycles. The summed E-state index contributed by atoms with van der Waals surface area (Å²) in [4.78, 5) is 23.1. The molecule has 5 heteroatoms. The van der Waals surface area contributed by atoms with E-state index in [4.69, 9.17) is 4.74 Å². The van der Waals surface area contributed by atoms with Gasteiger partial charge in [0.2, 0.25) is 0 Å². The quantitative estimate of drug-likeness (QED) is 0.671. The fourth-order valence-corrected chi connectivity index (χ4v) is 1.76. The number of nitrogens with one attached hydrogen (secondary N) is 1. The van der Waals surface area contributed by atoms with Crippen molar-refractivity contribution in [3.05, 3.63) is 48.0 Å². The van der Waals surface area contributed by atoms with Crippen LogP contribution in [0.15, 0.2) is 42.5 Å². The number of ether oxygens (including phenoxy) is 2. The standard InChI is InChI=1S/C17H23NO4/c1-17(2,3)22-16(20)18-14(10-11-15(19)21-4)12-13-8-6-5-7-9-13/h5-11,14H,12H2,1-4H3,(H,18,20)/b11-10-/t14-/m1/s1. The van der Waals surface area contributed by atoms with Crippen molar-refractivity contribution >= 4 is 12.1 Å². The lowest BCUT2D eigenvalue weighted by atomic mass is 10.1. The van der Waals surface area contributed by atoms with Crippen LogP contribution in [0.5, 0.6) is 0 Å². The molecule has 0 fully saturated rings. The lowest BCUT2D eigenvalue weighted by molar-refractivity contribution is -0.134. The highest BCUT2D eigenvalue weighted by Crippen LogP contribution is 2.09. The molecular weight excluding hydrogens is 282 g/mol. The first-order chi connectivity index (χ1) is 10.3. The average Bonchev–Trinajstić information content (AvgIpc) is 2.43. The van der Waals surface area contributed by atoms with Gasteiger partial charge in [0, 0.05) is 6.08 Å². The molecule has 22 heavy (non-hydrogen) atoms. The molecule has 0 spiro atoms. The Balaban J connectivity index is 2.75. The van der Waals surface area contributed by atoms with Crippen molar-refractivity contribution in [1.82, 2.24) is 5.32 Å². The Bertz CT molecular complexity index is 517. The number of hydrogen-bond donors (Lipinski definition) is 1. The Kier molecular flexibility index (Phi) is 6.63. The fourth-order valence-electron chi connectivity index (χ4n) is 1.76. The van der Waals surface area contributed by atoms with Crippen molar-refractivity contribution in [2.75, 3.05) is 7.11 Å². The van der Waals surface area contributed by atoms with Gasteiger partial charge in [-0.2, -0.15) is 0 Å². The van der Waals surface area contributed by atoms with Gasteiger partial charge in [-0.3, -0.25) is 0 Å². The zero-order valence-electron chi connectivity index (χ0n) is 13.5. The third kappa shape index (κ3) is 7.47. The SMILES string of the molecule is COC(=O)/C=C\[C@H](Cc1ccccc1)NC(=O)OC(C)(C)C. The van der Waals surface area contributed by atoms with E-state index in [0.29, 0.717) is 6.42 Å². The molecule has 1 aromatic rings. The third-order valence-electron chi connectivity index (χ3n) is 2.67. The highest BCUT2D eigenvalue weighted by Gasteiger charge is 2.18. The predicted octanol–water partition coefficient (Wildman–Crippen LogP) is 2.85. The molecule has 0 bridgehead atoms. The van der Waals surface area contributed by atoms with Crippen molar-refractivity contribution in [1.29, 1.82) is 0 Å². The number of carbonyl (C=O) groups excluding carboxylic acids is 2. The van der Waals surface area contributed by atoms with Gasteiger partial charge in [0.1, 0.15) is 5.60 Å². The van der Waals surface area contributed by atoms with Gasteiger partial charge in [-0.15, -0.1) is 0 Å². The number of benzene rings is 1. The number of esters is 1. The van der Waals surface area contributed by atoms with Crippen molar-refractivity contribution in [2.24, 2.45) is 0 Å². The summed E-state index contributed by atoms with van der Waals surface area (Å²) >= 11 is 0. The van der Waals surface area contributed by atoms with E-state index < -0.39 is 17.7 Å². The fraction of sp³-hybridized carbons (Fsp3) is 0.412. The molecule has 1 aromatic carbocycles. The molecule has 0 aliphatic rings. The van der Waals surface area contributed by atoms with E-state index >= 15 is 0 Å². The zero-order valence-corrected chi connectivity index (χ0v) is 13.5. The summed E-state index contributed by atoms with van der Waals surface area (Å²) < 4.78 is 9.81. The van der Waals surface area contributed by atoms with Gasteiger partial charge in [0.05, 0.1) is 13.2 Å². The normalized spacial score (nSPS) is 12.7. The number of amides is 1. The van der Waals surface area contributed by atoms with E-state index in [1.165, 1.54) is 13.2 Å². The molecule has 1 N–H and O–H groups in total. The summed E-state index contributed by atoms with van der Waals surface area (Å²) in [5, 5.41) is 2.75. The molecule has 0 radical (unpaired) electrons. The molecule has 120 valence electrons. The van der Waals surface area contributed by atoms with E-state index in [1.54, 1.807) is 26.8 Å². The van der Waals surface area contributed by atoms with Gasteiger partial charge in [-0.1, -0.05) is 36.4 Å². The van der Waals surface area contributed by atoms with Gasteiger partial charge in [0.15, 0.2) is 0 Å². The molecule has 1 amide bonds. The Morgan fingerprint density at radius 2 is 1.86 bits per heavy atom. The van der Waals surface area contributed by atoms with Crippen LogP contribution in [0, 0.1) is 0 Å². The van der Waals surface area contributed by atoms with Crippen molar-refractivity contribution < 1.29 is 19.1 Å². The van der Waals surface area contributed by atoms with Crippen LogP contribution in [-0.2, 0) is 20.7 Å². The topological polar surface area (TPSA) is 64.6 Å². The minimum atomic E-state index is -0.576. The van der Waals surface area contributed by atoms with Crippen LogP contribution in [0.4, 0.5) is 4.79 Å². The minimum absolute atomic E-state index is 0.364. The Morgan fingerprint density at radius 1 is 1.23 bits per heavy atom. The first-order valence-electron chi connectivity index (χ1n) is 7.10. The molecule has 5 nitrogen and oxygen atoms in total. The molecule has 0 aromatic heterocycles. The summed E-state index contributed by atoms with van der Waals surface area (Å²) in [6.45, 7) is 5.38. The predicted molar refractivity (Wildman–Crippen MR) is 84.5 cm³/mol. The maximum Gasteiger partial charge on any atom is 0.408 e. The lowest BCUT2D eigenvalue weighted by Crippen LogP contribution is -2.39. The second kappa shape index (κ2) is 8.22. The Hall–Kier alpha value is -2.30. The minimum Gasteiger partial charge on any atom is -0.466 e. The van der Waals surface area contributed by atoms with Crippen LogP contribution in [-0.4, -0.2) is 30.8 Å². The largest absolute Gasteiger partial charge is 0.466 e. The molecule has 0 saturated carbocycles. The van der Waals surface area contributed by atoms with Crippen molar-refractivity contribution in [2.45, 2.75) is 38.8 Å². The van der Waals surface area contributed by atoms with Crippen LogP contribution < -0.4 is 5.32 Å². The van der Waals surface area contributed by atoms with E-state index in [0.717, 1.165) is 5.56 Å². The van der Waals surface area contributed by atoms with Gasteiger partial charge in [-0.25, -0.2) is 9.59 Å². The average molecular weight is 305 g/mol. The molecule has 0 saturated heterocycles. The zero-order chi connectivity index (χ0) is 16.6. The highest BCUT2D eigenvalue weighted by molar-refractivity contribution is 5.82. The number of rotatable bonds is 5. The lowest BCUT2D eigenvalue weighted by Gasteiger charge is -2.22. The number of methoxy groups -OCH3 is 1. The first-order valence-corrected chi connectivity index (χ1v) is 7.10. The van der Waals surface area contributed by atoms with Gasteiger partial charge in [-0.05, 0) is 32.8 Å². The molecule has 1 rings (SSSR count). The molecule has 0 unspecified atom stereocenters. The van der Waals surface area contributed by atoms with Crippen LogP contribution in [0.2, 0.25) is 0 Å². The van der Waals surface area contributed by atoms with E-state index in [9.17, 15) is 9.59 Å². The van der Waals surface area contributed by atoms with Gasteiger partial charge in [0.25, 0.3) is 0 Å². The van der Waals surface area contributed by atoms with Crippen LogP contribution in [0.1, 0.15) is 26.3 Å². The number of carbonyl (C=O) groups is 2. The van der Waals surface area contributed by atoms with Crippen molar-refractivity contribution in [3.63, 3.8) is 0 Å².